The number of carbonyl (C=O) groups excluding carboxylic acids is 1. The summed E-state index contributed by atoms with van der Waals surface area (Å²) in [5.41, 5.74) is 0. The van der Waals surface area contributed by atoms with Gasteiger partial charge in [-0.2, -0.15) is 0 Å². The van der Waals surface area contributed by atoms with E-state index in [1.165, 1.54) is 199 Å². The minimum absolute atomic E-state index is 0.240. The molecule has 0 radical (unpaired) electrons. The Hall–Kier alpha value is -1.53. The van der Waals surface area contributed by atoms with Gasteiger partial charge in [0, 0.05) is 6.42 Å². The van der Waals surface area contributed by atoms with Gasteiger partial charge < -0.3 is 65.1 Å². The smallest absolute Gasteiger partial charge is 0.220 e. The molecular formula is C63H119NO13. The molecule has 77 heavy (non-hydrogen) atoms. The summed E-state index contributed by atoms with van der Waals surface area (Å²) in [5.74, 6) is -0.240. The van der Waals surface area contributed by atoms with Crippen LogP contribution >= 0.6 is 0 Å². The molecule has 0 aliphatic carbocycles. The quantitative estimate of drug-likeness (QED) is 0.0204. The number of carbonyl (C=O) groups is 1. The van der Waals surface area contributed by atoms with E-state index in [0.29, 0.717) is 6.42 Å². The molecule has 2 aliphatic heterocycles. The third kappa shape index (κ3) is 34.5. The fraction of sp³-hybridized carbons (Fsp3) is 0.921. The van der Waals surface area contributed by atoms with Gasteiger partial charge in [-0.05, 0) is 44.9 Å². The van der Waals surface area contributed by atoms with Gasteiger partial charge in [0.2, 0.25) is 5.91 Å². The van der Waals surface area contributed by atoms with Crippen LogP contribution in [0.15, 0.2) is 24.3 Å². The predicted molar refractivity (Wildman–Crippen MR) is 309 cm³/mol. The number of amides is 1. The first-order valence-electron chi connectivity index (χ1n) is 32.1. The van der Waals surface area contributed by atoms with Crippen LogP contribution in [0.25, 0.3) is 0 Å². The molecule has 1 amide bonds. The molecule has 0 spiro atoms. The second-order valence-corrected chi connectivity index (χ2v) is 22.9. The van der Waals surface area contributed by atoms with Gasteiger partial charge in [0.1, 0.15) is 48.8 Å². The average molecular weight is 1100 g/mol. The lowest BCUT2D eigenvalue weighted by atomic mass is 9.97. The summed E-state index contributed by atoms with van der Waals surface area (Å²) in [7, 11) is 0. The lowest BCUT2D eigenvalue weighted by molar-refractivity contribution is -0.359. The molecule has 14 heteroatoms. The zero-order valence-electron chi connectivity index (χ0n) is 49.0. The molecule has 2 rings (SSSR count). The highest BCUT2D eigenvalue weighted by Crippen LogP contribution is 2.30. The van der Waals surface area contributed by atoms with Gasteiger partial charge in [-0.3, -0.25) is 4.79 Å². The van der Waals surface area contributed by atoms with E-state index in [4.69, 9.17) is 18.9 Å². The second-order valence-electron chi connectivity index (χ2n) is 22.9. The zero-order valence-corrected chi connectivity index (χ0v) is 49.0. The maximum absolute atomic E-state index is 13.1. The number of hydrogen-bond donors (Lipinski definition) is 9. The largest absolute Gasteiger partial charge is 0.394 e. The Kier molecular flexibility index (Phi) is 45.7. The predicted octanol–water partition coefficient (Wildman–Crippen LogP) is 11.6. The molecule has 12 atom stereocenters. The Morgan fingerprint density at radius 3 is 1.25 bits per heavy atom. The molecule has 2 aliphatic rings. The lowest BCUT2D eigenvalue weighted by Gasteiger charge is -2.46. The molecule has 2 fully saturated rings. The van der Waals surface area contributed by atoms with Crippen molar-refractivity contribution in [3.63, 3.8) is 0 Å². The summed E-state index contributed by atoms with van der Waals surface area (Å²) in [6.07, 6.45) is 43.3. The first-order chi connectivity index (χ1) is 37.6. The highest BCUT2D eigenvalue weighted by Gasteiger charge is 2.51. The Morgan fingerprint density at radius 2 is 0.818 bits per heavy atom. The Bertz CT molecular complexity index is 1390. The number of nitrogens with one attached hydrogen (secondary N) is 1. The molecule has 0 aromatic carbocycles. The number of allylic oxidation sites excluding steroid dienone is 3. The first-order valence-corrected chi connectivity index (χ1v) is 32.1. The van der Waals surface area contributed by atoms with E-state index in [9.17, 15) is 45.6 Å². The molecule has 0 bridgehead atoms. The monoisotopic (exact) mass is 1100 g/mol. The number of rotatable bonds is 52. The van der Waals surface area contributed by atoms with Gasteiger partial charge in [0.05, 0.1) is 32.0 Å². The van der Waals surface area contributed by atoms with Crippen molar-refractivity contribution in [1.29, 1.82) is 0 Å². The topological polar surface area (TPSA) is 228 Å². The molecule has 12 unspecified atom stereocenters. The van der Waals surface area contributed by atoms with Crippen molar-refractivity contribution in [3.05, 3.63) is 24.3 Å². The highest BCUT2D eigenvalue weighted by atomic mass is 16.7. The second kappa shape index (κ2) is 49.1. The normalized spacial score (nSPS) is 24.8. The van der Waals surface area contributed by atoms with Gasteiger partial charge in [0.15, 0.2) is 12.6 Å². The summed E-state index contributed by atoms with van der Waals surface area (Å²) in [4.78, 5) is 13.1. The number of hydrogen-bond acceptors (Lipinski definition) is 13. The zero-order chi connectivity index (χ0) is 56.0. The fourth-order valence-corrected chi connectivity index (χ4v) is 10.7. The number of aliphatic hydroxyl groups excluding tert-OH is 8. The van der Waals surface area contributed by atoms with E-state index >= 15 is 0 Å². The van der Waals surface area contributed by atoms with Crippen LogP contribution in [0.4, 0.5) is 0 Å². The molecule has 0 saturated carbocycles. The lowest BCUT2D eigenvalue weighted by Crippen LogP contribution is -2.65. The minimum atomic E-state index is -1.78. The van der Waals surface area contributed by atoms with Crippen molar-refractivity contribution >= 4 is 5.91 Å². The third-order valence-corrected chi connectivity index (χ3v) is 15.9. The standard InChI is InChI=1S/C63H119NO13/c1-3-5-7-9-11-12-13-14-15-16-17-18-19-20-21-22-23-24-25-26-27-28-29-30-31-32-33-34-35-36-37-38-39-40-41-43-45-47-55(68)64-51(52(67)46-44-42-10-8-6-4-2)50-74-62-60(73)58(71)61(54(49-66)76-62)77-63-59(72)57(70)56(69)53(48-65)75-63/h16-17,44,46,51-54,56-63,65-67,69-73H,3-15,18-43,45,47-50H2,1-2H3,(H,64,68)/b17-16-,46-44+. The summed E-state index contributed by atoms with van der Waals surface area (Å²) >= 11 is 0. The van der Waals surface area contributed by atoms with Crippen molar-refractivity contribution in [1.82, 2.24) is 5.32 Å². The molecule has 2 heterocycles. The van der Waals surface area contributed by atoms with Crippen LogP contribution in [0, 0.1) is 0 Å². The Labute approximate surface area is 468 Å². The molecular weight excluding hydrogens is 979 g/mol. The molecule has 9 N–H and O–H groups in total. The third-order valence-electron chi connectivity index (χ3n) is 15.9. The molecule has 14 nitrogen and oxygen atoms in total. The van der Waals surface area contributed by atoms with Crippen molar-refractivity contribution in [2.24, 2.45) is 0 Å². The maximum atomic E-state index is 13.1. The van der Waals surface area contributed by atoms with E-state index in [1.807, 2.05) is 6.08 Å². The van der Waals surface area contributed by atoms with Crippen molar-refractivity contribution in [2.45, 2.75) is 351 Å². The number of unbranched alkanes of at least 4 members (excludes halogenated alkanes) is 37. The van der Waals surface area contributed by atoms with Crippen molar-refractivity contribution in [3.8, 4) is 0 Å². The van der Waals surface area contributed by atoms with Crippen LogP contribution in [0.1, 0.15) is 277 Å². The SMILES string of the molecule is CCCCCC/C=C/C(O)C(COC1OC(CO)C(OC2OC(CO)C(O)C(O)C2O)C(O)C1O)NC(=O)CCCCCCCCCCCCCCCCCCCCCCCCCCC/C=C\CCCCCCCCCC. The maximum Gasteiger partial charge on any atom is 0.220 e. The van der Waals surface area contributed by atoms with Crippen LogP contribution in [-0.2, 0) is 23.7 Å². The minimum Gasteiger partial charge on any atom is -0.394 e. The van der Waals surface area contributed by atoms with Gasteiger partial charge in [-0.15, -0.1) is 0 Å². The molecule has 2 saturated heterocycles. The van der Waals surface area contributed by atoms with Gasteiger partial charge >= 0.3 is 0 Å². The Balaban J connectivity index is 1.49. The molecule has 0 aromatic heterocycles. The van der Waals surface area contributed by atoms with Crippen LogP contribution in [0.2, 0.25) is 0 Å². The summed E-state index contributed by atoms with van der Waals surface area (Å²) in [6.45, 7) is 2.72. The summed E-state index contributed by atoms with van der Waals surface area (Å²) in [5, 5.41) is 86.5. The fourth-order valence-electron chi connectivity index (χ4n) is 10.7. The highest BCUT2D eigenvalue weighted by molar-refractivity contribution is 5.76. The van der Waals surface area contributed by atoms with Crippen LogP contribution < -0.4 is 5.32 Å². The van der Waals surface area contributed by atoms with Gasteiger partial charge in [0.25, 0.3) is 0 Å². The first kappa shape index (κ1) is 71.6. The van der Waals surface area contributed by atoms with Gasteiger partial charge in [-0.25, -0.2) is 0 Å². The summed E-state index contributed by atoms with van der Waals surface area (Å²) < 4.78 is 22.6. The number of aliphatic hydroxyl groups is 8. The van der Waals surface area contributed by atoms with E-state index < -0.39 is 86.8 Å². The van der Waals surface area contributed by atoms with E-state index in [-0.39, 0.29) is 18.9 Å². The van der Waals surface area contributed by atoms with E-state index in [2.05, 4.69) is 31.3 Å². The average Bonchev–Trinajstić information content (AvgIpc) is 3.43. The van der Waals surface area contributed by atoms with Gasteiger partial charge in [-0.1, -0.05) is 250 Å². The van der Waals surface area contributed by atoms with Crippen LogP contribution in [0.5, 0.6) is 0 Å². The molecule has 0 aromatic rings. The van der Waals surface area contributed by atoms with Crippen LogP contribution in [0.3, 0.4) is 0 Å². The molecule has 454 valence electrons. The van der Waals surface area contributed by atoms with E-state index in [1.54, 1.807) is 6.08 Å². The van der Waals surface area contributed by atoms with E-state index in [0.717, 1.165) is 51.4 Å². The van der Waals surface area contributed by atoms with Crippen molar-refractivity contribution < 1.29 is 64.6 Å². The van der Waals surface area contributed by atoms with Crippen LogP contribution in [-0.4, -0.2) is 140 Å². The summed E-state index contributed by atoms with van der Waals surface area (Å²) in [6, 6.07) is -0.908. The number of ether oxygens (including phenoxy) is 4. The van der Waals surface area contributed by atoms with Crippen molar-refractivity contribution in [2.75, 3.05) is 19.8 Å². The Morgan fingerprint density at radius 1 is 0.455 bits per heavy atom.